The number of aliphatic carboxylic acids is 1. The van der Waals surface area contributed by atoms with Crippen molar-refractivity contribution in [1.29, 1.82) is 0 Å². The Morgan fingerprint density at radius 2 is 1.34 bits per heavy atom. The number of carboxylic acids is 1. The normalized spacial score (nSPS) is 11.0. The summed E-state index contributed by atoms with van der Waals surface area (Å²) in [5, 5.41) is 12.0. The molecule has 166 valence electrons. The van der Waals surface area contributed by atoms with Crippen molar-refractivity contribution >= 4 is 11.9 Å². The standard InChI is InChI=1S/C25H25NO6/c1-30-22-14-12-21(13-15-22)25(19-8-4-2-5-9-19,20-10-6-3-7-11-20)26-18-32-24(29)17-31-16-23(27)28/h2-15,26H,16-18H2,1H3,(H,27,28). The lowest BCUT2D eigenvalue weighted by atomic mass is 9.77. The number of hydrogen-bond acceptors (Lipinski definition) is 6. The van der Waals surface area contributed by atoms with Crippen molar-refractivity contribution in [2.75, 3.05) is 27.1 Å². The number of ether oxygens (including phenoxy) is 3. The average Bonchev–Trinajstić information content (AvgIpc) is 2.83. The predicted octanol–water partition coefficient (Wildman–Crippen LogP) is 3.18. The highest BCUT2D eigenvalue weighted by Crippen LogP contribution is 2.37. The highest BCUT2D eigenvalue weighted by atomic mass is 16.6. The van der Waals surface area contributed by atoms with Crippen LogP contribution in [0, 0.1) is 0 Å². The highest BCUT2D eigenvalue weighted by Gasteiger charge is 2.36. The average molecular weight is 435 g/mol. The lowest BCUT2D eigenvalue weighted by molar-refractivity contribution is -0.153. The smallest absolute Gasteiger partial charge is 0.333 e. The fourth-order valence-electron chi connectivity index (χ4n) is 3.51. The van der Waals surface area contributed by atoms with Crippen molar-refractivity contribution in [2.45, 2.75) is 5.54 Å². The SMILES string of the molecule is COc1ccc(C(NCOC(=O)COCC(=O)O)(c2ccccc2)c2ccccc2)cc1. The first kappa shape index (κ1) is 23.0. The first-order valence-corrected chi connectivity index (χ1v) is 10.0. The van der Waals surface area contributed by atoms with Gasteiger partial charge in [-0.2, -0.15) is 0 Å². The van der Waals surface area contributed by atoms with Crippen LogP contribution in [0.1, 0.15) is 16.7 Å². The Balaban J connectivity index is 1.94. The summed E-state index contributed by atoms with van der Waals surface area (Å²) in [6.07, 6.45) is 0. The molecular weight excluding hydrogens is 410 g/mol. The van der Waals surface area contributed by atoms with Gasteiger partial charge in [-0.3, -0.25) is 5.32 Å². The van der Waals surface area contributed by atoms with Gasteiger partial charge in [0, 0.05) is 0 Å². The molecule has 0 atom stereocenters. The second-order valence-corrected chi connectivity index (χ2v) is 6.93. The summed E-state index contributed by atoms with van der Waals surface area (Å²) in [7, 11) is 1.61. The van der Waals surface area contributed by atoms with Gasteiger partial charge in [-0.15, -0.1) is 0 Å². The molecule has 7 nitrogen and oxygen atoms in total. The second-order valence-electron chi connectivity index (χ2n) is 6.93. The third kappa shape index (κ3) is 5.51. The van der Waals surface area contributed by atoms with E-state index in [9.17, 15) is 9.59 Å². The zero-order chi connectivity index (χ0) is 22.8. The summed E-state index contributed by atoms with van der Waals surface area (Å²) in [6.45, 7) is -1.13. The van der Waals surface area contributed by atoms with Crippen molar-refractivity contribution in [3.63, 3.8) is 0 Å². The highest BCUT2D eigenvalue weighted by molar-refractivity contribution is 5.72. The van der Waals surface area contributed by atoms with E-state index in [0.717, 1.165) is 22.4 Å². The minimum Gasteiger partial charge on any atom is -0.497 e. The van der Waals surface area contributed by atoms with Gasteiger partial charge in [0.1, 0.15) is 25.7 Å². The minimum atomic E-state index is -1.15. The van der Waals surface area contributed by atoms with Gasteiger partial charge in [-0.05, 0) is 28.8 Å². The van der Waals surface area contributed by atoms with Crippen LogP contribution in [0.15, 0.2) is 84.9 Å². The van der Waals surface area contributed by atoms with Crippen molar-refractivity contribution in [1.82, 2.24) is 5.32 Å². The number of nitrogens with one attached hydrogen (secondary N) is 1. The molecule has 2 N–H and O–H groups in total. The zero-order valence-corrected chi connectivity index (χ0v) is 17.7. The van der Waals surface area contributed by atoms with Gasteiger partial charge in [-0.1, -0.05) is 72.8 Å². The first-order chi connectivity index (χ1) is 15.6. The van der Waals surface area contributed by atoms with Crippen LogP contribution in [0.5, 0.6) is 5.75 Å². The van der Waals surface area contributed by atoms with Gasteiger partial charge in [0.25, 0.3) is 0 Å². The molecule has 0 aliphatic heterocycles. The first-order valence-electron chi connectivity index (χ1n) is 10.0. The number of rotatable bonds is 11. The molecule has 32 heavy (non-hydrogen) atoms. The Kier molecular flexibility index (Phi) is 7.96. The topological polar surface area (TPSA) is 94.1 Å². The molecule has 0 saturated heterocycles. The molecule has 0 fully saturated rings. The van der Waals surface area contributed by atoms with Crippen molar-refractivity contribution in [3.05, 3.63) is 102 Å². The molecule has 0 heterocycles. The van der Waals surface area contributed by atoms with E-state index in [1.165, 1.54) is 0 Å². The van der Waals surface area contributed by atoms with E-state index in [1.807, 2.05) is 84.9 Å². The molecule has 3 rings (SSSR count). The van der Waals surface area contributed by atoms with Crippen LogP contribution in [-0.4, -0.2) is 44.1 Å². The van der Waals surface area contributed by atoms with E-state index >= 15 is 0 Å². The fraction of sp³-hybridized carbons (Fsp3) is 0.200. The maximum Gasteiger partial charge on any atom is 0.333 e. The molecule has 3 aromatic carbocycles. The summed E-state index contributed by atoms with van der Waals surface area (Å²) in [5.74, 6) is -1.09. The number of esters is 1. The van der Waals surface area contributed by atoms with Crippen LogP contribution in [0.3, 0.4) is 0 Å². The number of benzene rings is 3. The Labute approximate surface area is 186 Å². The summed E-state index contributed by atoms with van der Waals surface area (Å²) < 4.78 is 15.4. The molecule has 0 amide bonds. The van der Waals surface area contributed by atoms with E-state index in [2.05, 4.69) is 5.32 Å². The van der Waals surface area contributed by atoms with E-state index in [1.54, 1.807) is 7.11 Å². The second kappa shape index (κ2) is 11.1. The number of hydrogen-bond donors (Lipinski definition) is 2. The Morgan fingerprint density at radius 1 is 0.812 bits per heavy atom. The summed E-state index contributed by atoms with van der Waals surface area (Å²) >= 11 is 0. The summed E-state index contributed by atoms with van der Waals surface area (Å²) in [5.41, 5.74) is 2.01. The quantitative estimate of drug-likeness (QED) is 0.271. The Bertz CT molecular complexity index is 966. The monoisotopic (exact) mass is 435 g/mol. The Morgan fingerprint density at radius 3 is 1.84 bits per heavy atom. The molecule has 0 bridgehead atoms. The maximum atomic E-state index is 12.0. The van der Waals surface area contributed by atoms with Crippen molar-refractivity contribution in [2.24, 2.45) is 0 Å². The molecule has 0 aliphatic carbocycles. The minimum absolute atomic E-state index is 0.120. The Hall–Kier alpha value is -3.68. The van der Waals surface area contributed by atoms with Gasteiger partial charge in [0.2, 0.25) is 0 Å². The van der Waals surface area contributed by atoms with Crippen LogP contribution in [0.4, 0.5) is 0 Å². The van der Waals surface area contributed by atoms with Gasteiger partial charge >= 0.3 is 11.9 Å². The van der Waals surface area contributed by atoms with E-state index in [4.69, 9.17) is 19.3 Å². The molecule has 0 spiro atoms. The molecule has 0 aromatic heterocycles. The number of carbonyl (C=O) groups excluding carboxylic acids is 1. The predicted molar refractivity (Wildman–Crippen MR) is 118 cm³/mol. The number of methoxy groups -OCH3 is 1. The number of carbonyl (C=O) groups is 2. The van der Waals surface area contributed by atoms with Gasteiger partial charge in [-0.25, -0.2) is 9.59 Å². The maximum absolute atomic E-state index is 12.0. The summed E-state index contributed by atoms with van der Waals surface area (Å²) in [6, 6.07) is 27.4. The van der Waals surface area contributed by atoms with Crippen LogP contribution in [0.25, 0.3) is 0 Å². The fourth-order valence-corrected chi connectivity index (χ4v) is 3.51. The van der Waals surface area contributed by atoms with Crippen LogP contribution < -0.4 is 10.1 Å². The van der Waals surface area contributed by atoms with E-state index < -0.39 is 30.7 Å². The van der Waals surface area contributed by atoms with Crippen molar-refractivity contribution < 1.29 is 28.9 Å². The lowest BCUT2D eigenvalue weighted by Crippen LogP contribution is -2.46. The molecular formula is C25H25NO6. The molecule has 0 aliphatic rings. The molecule has 3 aromatic rings. The van der Waals surface area contributed by atoms with Crippen LogP contribution in [0.2, 0.25) is 0 Å². The molecule has 7 heteroatoms. The third-order valence-corrected chi connectivity index (χ3v) is 4.95. The van der Waals surface area contributed by atoms with Crippen LogP contribution >= 0.6 is 0 Å². The van der Waals surface area contributed by atoms with Gasteiger partial charge in [0.05, 0.1) is 12.6 Å². The largest absolute Gasteiger partial charge is 0.497 e. The molecule has 0 saturated carbocycles. The summed E-state index contributed by atoms with van der Waals surface area (Å²) in [4.78, 5) is 22.6. The number of carboxylic acid groups (broad SMARTS) is 1. The van der Waals surface area contributed by atoms with E-state index in [-0.39, 0.29) is 6.73 Å². The van der Waals surface area contributed by atoms with Crippen molar-refractivity contribution in [3.8, 4) is 5.75 Å². The van der Waals surface area contributed by atoms with Gasteiger partial charge in [0.15, 0.2) is 0 Å². The molecule has 0 radical (unpaired) electrons. The molecule has 0 unspecified atom stereocenters. The van der Waals surface area contributed by atoms with Crippen LogP contribution in [-0.2, 0) is 24.6 Å². The van der Waals surface area contributed by atoms with E-state index in [0.29, 0.717) is 0 Å². The third-order valence-electron chi connectivity index (χ3n) is 4.95. The van der Waals surface area contributed by atoms with Gasteiger partial charge < -0.3 is 19.3 Å². The lowest BCUT2D eigenvalue weighted by Gasteiger charge is -2.37. The zero-order valence-electron chi connectivity index (χ0n) is 17.7.